The maximum absolute atomic E-state index is 12.3. The van der Waals surface area contributed by atoms with Crippen molar-refractivity contribution < 1.29 is 4.79 Å². The molecule has 1 amide bonds. The highest BCUT2D eigenvalue weighted by Crippen LogP contribution is 2.21. The Morgan fingerprint density at radius 1 is 1.07 bits per heavy atom. The van der Waals surface area contributed by atoms with E-state index >= 15 is 0 Å². The highest BCUT2D eigenvalue weighted by atomic mass is 16.1. The fraction of sp³-hybridized carbons (Fsp3) is 0.167. The van der Waals surface area contributed by atoms with E-state index in [1.165, 1.54) is 0 Å². The summed E-state index contributed by atoms with van der Waals surface area (Å²) in [4.78, 5) is 16.9. The molecule has 0 aliphatic carbocycles. The molecule has 0 unspecified atom stereocenters. The number of amides is 1. The second-order valence-electron chi connectivity index (χ2n) is 7.12. The van der Waals surface area contributed by atoms with Crippen molar-refractivity contribution in [2.45, 2.75) is 20.4 Å². The SMILES string of the molecule is Cc1cc(/C=C/C(=O)NCc2nc3ccccc3n2C)c(C)n1-c1ccccc1. The minimum absolute atomic E-state index is 0.137. The van der Waals surface area contributed by atoms with Crippen LogP contribution in [0.3, 0.4) is 0 Å². The number of imidazole rings is 1. The molecule has 0 saturated heterocycles. The molecule has 2 aromatic heterocycles. The first kappa shape index (κ1) is 18.7. The number of carbonyl (C=O) groups is 1. The summed E-state index contributed by atoms with van der Waals surface area (Å²) in [6.07, 6.45) is 3.45. The van der Waals surface area contributed by atoms with Crippen LogP contribution in [0.15, 0.2) is 66.7 Å². The highest BCUT2D eigenvalue weighted by Gasteiger charge is 2.10. The molecule has 0 fully saturated rings. The van der Waals surface area contributed by atoms with Crippen LogP contribution < -0.4 is 5.32 Å². The first-order valence-corrected chi connectivity index (χ1v) is 9.65. The van der Waals surface area contributed by atoms with Gasteiger partial charge in [-0.1, -0.05) is 30.3 Å². The smallest absolute Gasteiger partial charge is 0.244 e. The number of aromatic nitrogens is 3. The number of benzene rings is 2. The van der Waals surface area contributed by atoms with Gasteiger partial charge in [0, 0.05) is 30.2 Å². The molecule has 0 atom stereocenters. The molecule has 146 valence electrons. The number of fused-ring (bicyclic) bond motifs is 1. The van der Waals surface area contributed by atoms with Gasteiger partial charge in [0.2, 0.25) is 5.91 Å². The summed E-state index contributed by atoms with van der Waals surface area (Å²) < 4.78 is 4.20. The van der Waals surface area contributed by atoms with Crippen molar-refractivity contribution in [1.82, 2.24) is 19.4 Å². The van der Waals surface area contributed by atoms with E-state index in [0.29, 0.717) is 6.54 Å². The van der Waals surface area contributed by atoms with Gasteiger partial charge in [-0.3, -0.25) is 4.79 Å². The summed E-state index contributed by atoms with van der Waals surface area (Å²) in [6, 6.07) is 20.3. The number of hydrogen-bond donors (Lipinski definition) is 1. The van der Waals surface area contributed by atoms with Gasteiger partial charge >= 0.3 is 0 Å². The third kappa shape index (κ3) is 3.72. The summed E-state index contributed by atoms with van der Waals surface area (Å²) in [6.45, 7) is 4.53. The molecule has 0 bridgehead atoms. The molecule has 4 rings (SSSR count). The maximum Gasteiger partial charge on any atom is 0.244 e. The second-order valence-corrected chi connectivity index (χ2v) is 7.12. The van der Waals surface area contributed by atoms with E-state index in [0.717, 1.165) is 39.5 Å². The molecule has 0 spiro atoms. The number of hydrogen-bond acceptors (Lipinski definition) is 2. The van der Waals surface area contributed by atoms with Gasteiger partial charge in [0.15, 0.2) is 0 Å². The molecule has 0 aliphatic rings. The zero-order valence-electron chi connectivity index (χ0n) is 16.9. The Morgan fingerprint density at radius 2 is 1.79 bits per heavy atom. The van der Waals surface area contributed by atoms with Crippen molar-refractivity contribution in [2.24, 2.45) is 7.05 Å². The van der Waals surface area contributed by atoms with Crippen molar-refractivity contribution in [3.8, 4) is 5.69 Å². The van der Waals surface area contributed by atoms with Gasteiger partial charge in [-0.25, -0.2) is 4.98 Å². The van der Waals surface area contributed by atoms with Crippen LogP contribution in [-0.2, 0) is 18.4 Å². The van der Waals surface area contributed by atoms with Crippen LogP contribution in [0, 0.1) is 13.8 Å². The number of aryl methyl sites for hydroxylation is 2. The Bertz CT molecular complexity index is 1200. The number of carbonyl (C=O) groups excluding carboxylic acids is 1. The number of nitrogens with one attached hydrogen (secondary N) is 1. The van der Waals surface area contributed by atoms with Crippen LogP contribution >= 0.6 is 0 Å². The summed E-state index contributed by atoms with van der Waals surface area (Å²) in [5.74, 6) is 0.691. The van der Waals surface area contributed by atoms with E-state index in [4.69, 9.17) is 0 Å². The molecule has 0 radical (unpaired) electrons. The maximum atomic E-state index is 12.3. The Kier molecular flexibility index (Phi) is 5.04. The van der Waals surface area contributed by atoms with Gasteiger partial charge in [-0.05, 0) is 55.8 Å². The van der Waals surface area contributed by atoms with E-state index in [2.05, 4.69) is 46.9 Å². The van der Waals surface area contributed by atoms with Crippen molar-refractivity contribution >= 4 is 23.0 Å². The van der Waals surface area contributed by atoms with Crippen molar-refractivity contribution in [3.05, 3.63) is 89.5 Å². The Labute approximate surface area is 170 Å². The Hall–Kier alpha value is -3.60. The standard InChI is InChI=1S/C24H24N4O/c1-17-15-19(18(2)28(17)20-9-5-4-6-10-20)13-14-24(29)25-16-23-26-21-11-7-8-12-22(21)27(23)3/h4-15H,16H2,1-3H3,(H,25,29)/b14-13+. The molecule has 29 heavy (non-hydrogen) atoms. The molecule has 5 heteroatoms. The monoisotopic (exact) mass is 384 g/mol. The lowest BCUT2D eigenvalue weighted by molar-refractivity contribution is -0.116. The lowest BCUT2D eigenvalue weighted by Gasteiger charge is -2.09. The molecule has 2 aromatic carbocycles. The van der Waals surface area contributed by atoms with E-state index in [1.54, 1.807) is 6.08 Å². The predicted octanol–water partition coefficient (Wildman–Crippen LogP) is 4.31. The van der Waals surface area contributed by atoms with E-state index < -0.39 is 0 Å². The first-order valence-electron chi connectivity index (χ1n) is 9.65. The molecular weight excluding hydrogens is 360 g/mol. The minimum atomic E-state index is -0.137. The quantitative estimate of drug-likeness (QED) is 0.521. The van der Waals surface area contributed by atoms with Crippen LogP contribution in [0.4, 0.5) is 0 Å². The summed E-state index contributed by atoms with van der Waals surface area (Å²) in [7, 11) is 1.96. The fourth-order valence-electron chi connectivity index (χ4n) is 3.67. The van der Waals surface area contributed by atoms with Gasteiger partial charge in [0.25, 0.3) is 0 Å². The van der Waals surface area contributed by atoms with Gasteiger partial charge in [0.1, 0.15) is 5.82 Å². The predicted molar refractivity (Wildman–Crippen MR) is 117 cm³/mol. The van der Waals surface area contributed by atoms with Gasteiger partial charge in [-0.2, -0.15) is 0 Å². The van der Waals surface area contributed by atoms with Gasteiger partial charge in [0.05, 0.1) is 17.6 Å². The summed E-state index contributed by atoms with van der Waals surface area (Å²) in [5, 5.41) is 2.93. The summed E-state index contributed by atoms with van der Waals surface area (Å²) >= 11 is 0. The van der Waals surface area contributed by atoms with Gasteiger partial charge < -0.3 is 14.5 Å². The average molecular weight is 384 g/mol. The molecule has 5 nitrogen and oxygen atoms in total. The van der Waals surface area contributed by atoms with Crippen LogP contribution in [0.1, 0.15) is 22.8 Å². The third-order valence-corrected chi connectivity index (χ3v) is 5.20. The van der Waals surface area contributed by atoms with Crippen molar-refractivity contribution in [3.63, 3.8) is 0 Å². The molecule has 4 aromatic rings. The number of rotatable bonds is 5. The van der Waals surface area contributed by atoms with E-state index in [9.17, 15) is 4.79 Å². The molecular formula is C24H24N4O. The highest BCUT2D eigenvalue weighted by molar-refractivity contribution is 5.92. The molecule has 0 aliphatic heterocycles. The van der Waals surface area contributed by atoms with Crippen LogP contribution in [0.25, 0.3) is 22.8 Å². The Morgan fingerprint density at radius 3 is 2.55 bits per heavy atom. The van der Waals surface area contributed by atoms with E-state index in [1.807, 2.05) is 60.2 Å². The van der Waals surface area contributed by atoms with Crippen LogP contribution in [0.2, 0.25) is 0 Å². The van der Waals surface area contributed by atoms with E-state index in [-0.39, 0.29) is 5.91 Å². The largest absolute Gasteiger partial charge is 0.345 e. The topological polar surface area (TPSA) is 51.9 Å². The zero-order chi connectivity index (χ0) is 20.4. The van der Waals surface area contributed by atoms with Crippen molar-refractivity contribution in [2.75, 3.05) is 0 Å². The number of para-hydroxylation sites is 3. The fourth-order valence-corrected chi connectivity index (χ4v) is 3.67. The lowest BCUT2D eigenvalue weighted by atomic mass is 10.2. The molecule has 2 heterocycles. The third-order valence-electron chi connectivity index (χ3n) is 5.20. The first-order chi connectivity index (χ1) is 14.0. The lowest BCUT2D eigenvalue weighted by Crippen LogP contribution is -2.22. The molecule has 1 N–H and O–H groups in total. The zero-order valence-corrected chi connectivity index (χ0v) is 16.9. The second kappa shape index (κ2) is 7.80. The summed E-state index contributed by atoms with van der Waals surface area (Å²) in [5.41, 5.74) is 6.38. The van der Waals surface area contributed by atoms with Crippen LogP contribution in [-0.4, -0.2) is 20.0 Å². The average Bonchev–Trinajstić information content (AvgIpc) is 3.21. The molecule has 0 saturated carbocycles. The number of nitrogens with zero attached hydrogens (tertiary/aromatic N) is 3. The van der Waals surface area contributed by atoms with Gasteiger partial charge in [-0.15, -0.1) is 0 Å². The van der Waals surface area contributed by atoms with Crippen molar-refractivity contribution in [1.29, 1.82) is 0 Å². The minimum Gasteiger partial charge on any atom is -0.345 e. The normalized spacial score (nSPS) is 11.4. The Balaban J connectivity index is 1.47. The van der Waals surface area contributed by atoms with Crippen LogP contribution in [0.5, 0.6) is 0 Å².